The quantitative estimate of drug-likeness (QED) is 0.639. The first-order chi connectivity index (χ1) is 4.61. The molecular formula is C7H10ClNS. The normalized spacial score (nSPS) is 10.9. The van der Waals surface area contributed by atoms with Gasteiger partial charge in [-0.1, -0.05) is 25.4 Å². The lowest BCUT2D eigenvalue weighted by Crippen LogP contribution is -1.82. The van der Waals surface area contributed by atoms with Gasteiger partial charge in [-0.15, -0.1) is 11.3 Å². The average Bonchev–Trinajstić information content (AvgIpc) is 2.13. The standard InChI is InChI=1S/C7H10ClNS/c1-4(2)7-9-6(8)5(3)10-7/h4H,1-3H3. The van der Waals surface area contributed by atoms with Crippen molar-refractivity contribution in [3.05, 3.63) is 15.0 Å². The van der Waals surface area contributed by atoms with Crippen LogP contribution in [0, 0.1) is 6.92 Å². The zero-order valence-electron chi connectivity index (χ0n) is 6.31. The summed E-state index contributed by atoms with van der Waals surface area (Å²) in [6.07, 6.45) is 0. The smallest absolute Gasteiger partial charge is 0.143 e. The molecule has 1 rings (SSSR count). The van der Waals surface area contributed by atoms with E-state index in [1.165, 1.54) is 0 Å². The second-order valence-electron chi connectivity index (χ2n) is 2.55. The van der Waals surface area contributed by atoms with Crippen LogP contribution in [0.4, 0.5) is 0 Å². The van der Waals surface area contributed by atoms with Crippen LogP contribution in [0.15, 0.2) is 0 Å². The second kappa shape index (κ2) is 2.89. The molecule has 0 bridgehead atoms. The van der Waals surface area contributed by atoms with E-state index in [2.05, 4.69) is 18.8 Å². The molecule has 0 spiro atoms. The SMILES string of the molecule is Cc1sc(C(C)C)nc1Cl. The highest BCUT2D eigenvalue weighted by Gasteiger charge is 2.07. The molecule has 1 aromatic rings. The van der Waals surface area contributed by atoms with Crippen molar-refractivity contribution in [2.24, 2.45) is 0 Å². The maximum absolute atomic E-state index is 5.77. The van der Waals surface area contributed by atoms with Gasteiger partial charge in [0, 0.05) is 10.8 Å². The van der Waals surface area contributed by atoms with Gasteiger partial charge in [0.15, 0.2) is 0 Å². The molecule has 0 amide bonds. The van der Waals surface area contributed by atoms with Gasteiger partial charge < -0.3 is 0 Å². The molecule has 0 aliphatic heterocycles. The van der Waals surface area contributed by atoms with E-state index in [4.69, 9.17) is 11.6 Å². The van der Waals surface area contributed by atoms with Gasteiger partial charge >= 0.3 is 0 Å². The monoisotopic (exact) mass is 175 g/mol. The summed E-state index contributed by atoms with van der Waals surface area (Å²) in [6.45, 7) is 6.23. The van der Waals surface area contributed by atoms with Gasteiger partial charge in [0.05, 0.1) is 5.01 Å². The molecule has 0 unspecified atom stereocenters. The molecule has 0 N–H and O–H groups in total. The zero-order chi connectivity index (χ0) is 7.72. The lowest BCUT2D eigenvalue weighted by atomic mass is 10.2. The van der Waals surface area contributed by atoms with Crippen LogP contribution in [0.5, 0.6) is 0 Å². The van der Waals surface area contributed by atoms with E-state index in [1.807, 2.05) is 6.92 Å². The predicted octanol–water partition coefficient (Wildman–Crippen LogP) is 3.23. The van der Waals surface area contributed by atoms with Gasteiger partial charge in [-0.25, -0.2) is 4.98 Å². The van der Waals surface area contributed by atoms with Crippen molar-refractivity contribution in [3.63, 3.8) is 0 Å². The summed E-state index contributed by atoms with van der Waals surface area (Å²) < 4.78 is 0. The van der Waals surface area contributed by atoms with Crippen LogP contribution in [0.3, 0.4) is 0 Å². The fourth-order valence-corrected chi connectivity index (χ4v) is 1.72. The number of nitrogens with zero attached hydrogens (tertiary/aromatic N) is 1. The summed E-state index contributed by atoms with van der Waals surface area (Å²) in [7, 11) is 0. The predicted molar refractivity (Wildman–Crippen MR) is 46.0 cm³/mol. The molecule has 0 atom stereocenters. The topological polar surface area (TPSA) is 12.9 Å². The number of aryl methyl sites for hydroxylation is 1. The Bertz CT molecular complexity index is 210. The van der Waals surface area contributed by atoms with Crippen LogP contribution in [-0.2, 0) is 0 Å². The molecular weight excluding hydrogens is 166 g/mol. The first kappa shape index (κ1) is 8.02. The van der Waals surface area contributed by atoms with E-state index in [0.717, 1.165) is 9.88 Å². The highest BCUT2D eigenvalue weighted by Crippen LogP contribution is 2.26. The van der Waals surface area contributed by atoms with Gasteiger partial charge in [0.1, 0.15) is 5.15 Å². The zero-order valence-corrected chi connectivity index (χ0v) is 7.88. The van der Waals surface area contributed by atoms with Crippen molar-refractivity contribution < 1.29 is 0 Å². The van der Waals surface area contributed by atoms with Crippen LogP contribution < -0.4 is 0 Å². The average molecular weight is 176 g/mol. The van der Waals surface area contributed by atoms with Gasteiger partial charge in [-0.3, -0.25) is 0 Å². The number of rotatable bonds is 1. The van der Waals surface area contributed by atoms with Crippen LogP contribution in [0.25, 0.3) is 0 Å². The molecule has 1 nitrogen and oxygen atoms in total. The summed E-state index contributed by atoms with van der Waals surface area (Å²) in [6, 6.07) is 0. The number of hydrogen-bond donors (Lipinski definition) is 0. The summed E-state index contributed by atoms with van der Waals surface area (Å²) in [5, 5.41) is 1.79. The van der Waals surface area contributed by atoms with E-state index < -0.39 is 0 Å². The molecule has 0 aromatic carbocycles. The molecule has 0 saturated carbocycles. The molecule has 10 heavy (non-hydrogen) atoms. The lowest BCUT2D eigenvalue weighted by molar-refractivity contribution is 0.852. The maximum atomic E-state index is 5.77. The molecule has 0 saturated heterocycles. The minimum Gasteiger partial charge on any atom is -0.229 e. The van der Waals surface area contributed by atoms with Crippen LogP contribution >= 0.6 is 22.9 Å². The van der Waals surface area contributed by atoms with Gasteiger partial charge in [-0.2, -0.15) is 0 Å². The summed E-state index contributed by atoms with van der Waals surface area (Å²) in [4.78, 5) is 5.31. The molecule has 0 aliphatic rings. The van der Waals surface area contributed by atoms with E-state index in [-0.39, 0.29) is 0 Å². The van der Waals surface area contributed by atoms with Crippen LogP contribution in [-0.4, -0.2) is 4.98 Å². The lowest BCUT2D eigenvalue weighted by Gasteiger charge is -1.94. The molecule has 1 aromatic heterocycles. The first-order valence-electron chi connectivity index (χ1n) is 3.24. The Hall–Kier alpha value is -0.0800. The minimum atomic E-state index is 0.496. The Morgan fingerprint density at radius 2 is 2.10 bits per heavy atom. The van der Waals surface area contributed by atoms with Crippen molar-refractivity contribution in [2.75, 3.05) is 0 Å². The highest BCUT2D eigenvalue weighted by molar-refractivity contribution is 7.12. The summed E-state index contributed by atoms with van der Waals surface area (Å²) >= 11 is 7.45. The Morgan fingerprint density at radius 1 is 1.50 bits per heavy atom. The van der Waals surface area contributed by atoms with Crippen molar-refractivity contribution in [1.82, 2.24) is 4.98 Å². The molecule has 0 radical (unpaired) electrons. The van der Waals surface area contributed by atoms with E-state index in [0.29, 0.717) is 11.1 Å². The van der Waals surface area contributed by atoms with Crippen molar-refractivity contribution >= 4 is 22.9 Å². The number of aromatic nitrogens is 1. The summed E-state index contributed by atoms with van der Waals surface area (Å²) in [5.41, 5.74) is 0. The second-order valence-corrected chi connectivity index (χ2v) is 4.15. The van der Waals surface area contributed by atoms with Crippen molar-refractivity contribution in [2.45, 2.75) is 26.7 Å². The van der Waals surface area contributed by atoms with E-state index in [1.54, 1.807) is 11.3 Å². The number of hydrogen-bond acceptors (Lipinski definition) is 2. The molecule has 0 fully saturated rings. The minimum absolute atomic E-state index is 0.496. The Kier molecular flexibility index (Phi) is 2.32. The first-order valence-corrected chi connectivity index (χ1v) is 4.43. The van der Waals surface area contributed by atoms with E-state index in [9.17, 15) is 0 Å². The van der Waals surface area contributed by atoms with Crippen LogP contribution in [0.1, 0.15) is 29.7 Å². The van der Waals surface area contributed by atoms with Gasteiger partial charge in [-0.05, 0) is 6.92 Å². The Balaban J connectivity index is 2.98. The molecule has 56 valence electrons. The fraction of sp³-hybridized carbons (Fsp3) is 0.571. The third-order valence-electron chi connectivity index (χ3n) is 1.25. The van der Waals surface area contributed by atoms with Crippen LogP contribution in [0.2, 0.25) is 5.15 Å². The molecule has 3 heteroatoms. The summed E-state index contributed by atoms with van der Waals surface area (Å²) in [5.74, 6) is 0.496. The third-order valence-corrected chi connectivity index (χ3v) is 3.00. The fourth-order valence-electron chi connectivity index (χ4n) is 0.644. The van der Waals surface area contributed by atoms with Crippen molar-refractivity contribution in [1.29, 1.82) is 0 Å². The third kappa shape index (κ3) is 1.50. The molecule has 0 aliphatic carbocycles. The largest absolute Gasteiger partial charge is 0.229 e. The highest BCUT2D eigenvalue weighted by atomic mass is 35.5. The Morgan fingerprint density at radius 3 is 2.30 bits per heavy atom. The Labute approximate surface area is 70.1 Å². The van der Waals surface area contributed by atoms with E-state index >= 15 is 0 Å². The molecule has 1 heterocycles. The maximum Gasteiger partial charge on any atom is 0.143 e. The van der Waals surface area contributed by atoms with Gasteiger partial charge in [0.25, 0.3) is 0 Å². The number of halogens is 1. The van der Waals surface area contributed by atoms with Gasteiger partial charge in [0.2, 0.25) is 0 Å². The van der Waals surface area contributed by atoms with Crippen molar-refractivity contribution in [3.8, 4) is 0 Å². The number of thiazole rings is 1.